The summed E-state index contributed by atoms with van der Waals surface area (Å²) in [5, 5.41) is 0. The number of nitrogens with zero attached hydrogens (tertiary/aromatic N) is 2. The molecule has 0 aliphatic rings. The molecule has 2 rings (SSSR count). The number of unbranched alkanes of at least 4 members (excludes halogenated alkanes) is 2. The van der Waals surface area contributed by atoms with Gasteiger partial charge < -0.3 is 47.7 Å². The van der Waals surface area contributed by atoms with E-state index < -0.39 is 48.9 Å². The van der Waals surface area contributed by atoms with Crippen molar-refractivity contribution in [2.45, 2.75) is 39.5 Å². The Morgan fingerprint density at radius 1 is 0.519 bits per heavy atom. The molecule has 0 aromatic heterocycles. The number of esters is 6. The van der Waals surface area contributed by atoms with Gasteiger partial charge in [0, 0.05) is 0 Å². The first-order valence-corrected chi connectivity index (χ1v) is 16.7. The third-order valence-electron chi connectivity index (χ3n) is 7.34. The van der Waals surface area contributed by atoms with E-state index in [2.05, 4.69) is 0 Å². The summed E-state index contributed by atoms with van der Waals surface area (Å²) >= 11 is 0. The molecule has 0 N–H and O–H groups in total. The lowest BCUT2D eigenvalue weighted by molar-refractivity contribution is -0.141. The smallest absolute Gasteiger partial charge is 0.339 e. The van der Waals surface area contributed by atoms with Crippen LogP contribution in [0.3, 0.4) is 0 Å². The van der Waals surface area contributed by atoms with Gasteiger partial charge in [-0.15, -0.1) is 0 Å². The number of rotatable bonds is 23. The minimum Gasteiger partial charge on any atom is -0.488 e. The summed E-state index contributed by atoms with van der Waals surface area (Å²) in [6.45, 7) is 2.34. The van der Waals surface area contributed by atoms with Gasteiger partial charge >= 0.3 is 35.8 Å². The monoisotopic (exact) mass is 732 g/mol. The second-order valence-electron chi connectivity index (χ2n) is 11.0. The van der Waals surface area contributed by atoms with Crippen molar-refractivity contribution in [3.63, 3.8) is 0 Å². The second kappa shape index (κ2) is 23.0. The highest BCUT2D eigenvalue weighted by Crippen LogP contribution is 2.34. The molecule has 16 heteroatoms. The van der Waals surface area contributed by atoms with Crippen LogP contribution in [0.1, 0.15) is 60.2 Å². The molecule has 0 bridgehead atoms. The van der Waals surface area contributed by atoms with Gasteiger partial charge in [-0.05, 0) is 37.1 Å². The van der Waals surface area contributed by atoms with E-state index in [1.54, 1.807) is 24.3 Å². The fraction of sp³-hybridized carbons (Fsp3) is 0.500. The molecule has 0 aliphatic carbocycles. The van der Waals surface area contributed by atoms with Gasteiger partial charge in [-0.25, -0.2) is 9.59 Å². The van der Waals surface area contributed by atoms with E-state index in [0.717, 1.165) is 12.8 Å². The number of hydrogen-bond acceptors (Lipinski definition) is 16. The lowest BCUT2D eigenvalue weighted by Gasteiger charge is -2.26. The number of anilines is 2. The maximum absolute atomic E-state index is 13.3. The average molecular weight is 733 g/mol. The zero-order valence-electron chi connectivity index (χ0n) is 30.6. The minimum absolute atomic E-state index is 0.00440. The number of carbonyl (C=O) groups excluding carboxylic acids is 6. The Labute approximate surface area is 303 Å². The lowest BCUT2D eigenvalue weighted by atomic mass is 10.0. The number of para-hydroxylation sites is 2. The summed E-state index contributed by atoms with van der Waals surface area (Å²) < 4.78 is 42.2. The van der Waals surface area contributed by atoms with Crippen molar-refractivity contribution < 1.29 is 66.7 Å². The third kappa shape index (κ3) is 13.6. The predicted octanol–water partition coefficient (Wildman–Crippen LogP) is 3.36. The molecule has 2 aromatic carbocycles. The van der Waals surface area contributed by atoms with Gasteiger partial charge in [0.2, 0.25) is 0 Å². The van der Waals surface area contributed by atoms with E-state index in [1.807, 2.05) is 13.8 Å². The Hall–Kier alpha value is -5.54. The van der Waals surface area contributed by atoms with Crippen molar-refractivity contribution in [1.82, 2.24) is 0 Å². The molecule has 0 aliphatic heterocycles. The fourth-order valence-corrected chi connectivity index (χ4v) is 4.52. The molecule has 0 unspecified atom stereocenters. The van der Waals surface area contributed by atoms with Crippen LogP contribution in [-0.4, -0.2) is 117 Å². The maximum atomic E-state index is 13.3. The average Bonchev–Trinajstić information content (AvgIpc) is 3.15. The van der Waals surface area contributed by atoms with Crippen LogP contribution in [-0.2, 0) is 47.6 Å². The van der Waals surface area contributed by atoms with Crippen molar-refractivity contribution in [1.29, 1.82) is 0 Å². The maximum Gasteiger partial charge on any atom is 0.339 e. The molecule has 0 atom stereocenters. The Balaban J connectivity index is 2.56. The van der Waals surface area contributed by atoms with Crippen molar-refractivity contribution in [3.05, 3.63) is 47.5 Å². The molecule has 0 heterocycles. The topological polar surface area (TPSA) is 183 Å². The molecule has 286 valence electrons. The minimum atomic E-state index is -0.816. The number of methoxy groups -OCH3 is 4. The summed E-state index contributed by atoms with van der Waals surface area (Å²) in [6.07, 6.45) is 2.68. The first-order valence-electron chi connectivity index (χ1n) is 16.7. The van der Waals surface area contributed by atoms with Gasteiger partial charge in [0.25, 0.3) is 0 Å². The largest absolute Gasteiger partial charge is 0.488 e. The number of hydrogen-bond donors (Lipinski definition) is 0. The molecule has 0 saturated heterocycles. The lowest BCUT2D eigenvalue weighted by Crippen LogP contribution is -2.36. The number of ether oxygens (including phenoxy) is 8. The molecule has 2 aromatic rings. The fourth-order valence-electron chi connectivity index (χ4n) is 4.52. The molecule has 52 heavy (non-hydrogen) atoms. The molecular formula is C36H48N2O14. The Bertz CT molecular complexity index is 1480. The van der Waals surface area contributed by atoms with E-state index in [0.29, 0.717) is 24.3 Å². The molecule has 16 nitrogen and oxygen atoms in total. The van der Waals surface area contributed by atoms with Crippen molar-refractivity contribution in [2.75, 3.05) is 90.8 Å². The Kier molecular flexibility index (Phi) is 18.9. The standard InChI is InChI=1S/C36H48N2O14/c1-7-9-15-51-35(43)25-19-28(38(23-33(41)47-5)24-34(42)48-6)30(20-26(25)36(44)52-16-10-8-2)50-18-17-49-29-14-12-11-13-27(29)37(21-31(39)45-3)22-32(40)46-4/h11-14,19-20H,7-10,15-18,21-24H2,1-6H3. The molecule has 0 fully saturated rings. The van der Waals surface area contributed by atoms with Crippen molar-refractivity contribution in [3.8, 4) is 11.5 Å². The molecule has 0 amide bonds. The van der Waals surface area contributed by atoms with E-state index in [1.165, 1.54) is 50.4 Å². The highest BCUT2D eigenvalue weighted by Gasteiger charge is 2.28. The SMILES string of the molecule is CCCCOC(=O)c1cc(OCCOc2ccccc2N(CC(=O)OC)CC(=O)OC)c(N(CC(=O)OC)CC(=O)OC)cc1C(=O)OCCCC. The molecule has 0 spiro atoms. The van der Waals surface area contributed by atoms with Crippen LogP contribution >= 0.6 is 0 Å². The summed E-state index contributed by atoms with van der Waals surface area (Å²) in [4.78, 5) is 78.6. The van der Waals surface area contributed by atoms with Crippen LogP contribution in [0.25, 0.3) is 0 Å². The van der Waals surface area contributed by atoms with Gasteiger partial charge in [-0.1, -0.05) is 38.8 Å². The molecule has 0 radical (unpaired) electrons. The normalized spacial score (nSPS) is 10.3. The summed E-state index contributed by atoms with van der Waals surface area (Å²) in [5.41, 5.74) is 0.150. The zero-order valence-corrected chi connectivity index (χ0v) is 30.6. The van der Waals surface area contributed by atoms with Gasteiger partial charge in [0.05, 0.1) is 64.2 Å². The van der Waals surface area contributed by atoms with Crippen LogP contribution < -0.4 is 19.3 Å². The Morgan fingerprint density at radius 3 is 1.37 bits per heavy atom. The van der Waals surface area contributed by atoms with Crippen LogP contribution in [0.5, 0.6) is 11.5 Å². The van der Waals surface area contributed by atoms with Crippen molar-refractivity contribution in [2.24, 2.45) is 0 Å². The zero-order chi connectivity index (χ0) is 38.5. The van der Waals surface area contributed by atoms with Gasteiger partial charge in [0.1, 0.15) is 50.9 Å². The third-order valence-corrected chi connectivity index (χ3v) is 7.34. The Morgan fingerprint density at radius 2 is 0.923 bits per heavy atom. The van der Waals surface area contributed by atoms with E-state index in [-0.39, 0.29) is 62.1 Å². The molecule has 0 saturated carbocycles. The van der Waals surface area contributed by atoms with Crippen LogP contribution in [0.2, 0.25) is 0 Å². The first kappa shape index (κ1) is 42.6. The highest BCUT2D eigenvalue weighted by atomic mass is 16.6. The van der Waals surface area contributed by atoms with Crippen LogP contribution in [0.4, 0.5) is 11.4 Å². The summed E-state index contributed by atoms with van der Waals surface area (Å²) in [5.74, 6) is -3.96. The van der Waals surface area contributed by atoms with Crippen LogP contribution in [0.15, 0.2) is 36.4 Å². The summed E-state index contributed by atoms with van der Waals surface area (Å²) in [7, 11) is 4.80. The van der Waals surface area contributed by atoms with Crippen molar-refractivity contribution >= 4 is 47.2 Å². The van der Waals surface area contributed by atoms with E-state index in [9.17, 15) is 28.8 Å². The predicted molar refractivity (Wildman–Crippen MR) is 187 cm³/mol. The van der Waals surface area contributed by atoms with Gasteiger partial charge in [0.15, 0.2) is 0 Å². The van der Waals surface area contributed by atoms with Crippen LogP contribution in [0, 0.1) is 0 Å². The number of benzene rings is 2. The quantitative estimate of drug-likeness (QED) is 0.0920. The summed E-state index contributed by atoms with van der Waals surface area (Å²) in [6, 6.07) is 9.23. The number of carbonyl (C=O) groups is 6. The molecular weight excluding hydrogens is 684 g/mol. The highest BCUT2D eigenvalue weighted by molar-refractivity contribution is 6.05. The first-order chi connectivity index (χ1) is 25.0. The van der Waals surface area contributed by atoms with Gasteiger partial charge in [-0.3, -0.25) is 19.2 Å². The van der Waals surface area contributed by atoms with E-state index in [4.69, 9.17) is 37.9 Å². The van der Waals surface area contributed by atoms with E-state index >= 15 is 0 Å². The van der Waals surface area contributed by atoms with Gasteiger partial charge in [-0.2, -0.15) is 0 Å². The second-order valence-corrected chi connectivity index (χ2v) is 11.0.